The van der Waals surface area contributed by atoms with Crippen molar-refractivity contribution >= 4 is 28.5 Å². The average Bonchev–Trinajstić information content (AvgIpc) is 3.08. The molecule has 2 heterocycles. The molecular weight excluding hydrogens is 286 g/mol. The van der Waals surface area contributed by atoms with Crippen LogP contribution in [0.4, 0.5) is 5.69 Å². The molecule has 2 aromatic heterocycles. The summed E-state index contributed by atoms with van der Waals surface area (Å²) in [6, 6.07) is 5.65. The summed E-state index contributed by atoms with van der Waals surface area (Å²) in [6.45, 7) is 3.01. The molecule has 0 bridgehead atoms. The maximum Gasteiger partial charge on any atom is 0.166 e. The normalized spacial score (nSPS) is 11.3. The molecule has 0 aliphatic rings. The van der Waals surface area contributed by atoms with Crippen molar-refractivity contribution in [2.24, 2.45) is 0 Å². The maximum atomic E-state index is 5.77. The predicted molar refractivity (Wildman–Crippen MR) is 82.8 cm³/mol. The summed E-state index contributed by atoms with van der Waals surface area (Å²) in [5.74, 6) is 1.56. The van der Waals surface area contributed by atoms with Gasteiger partial charge in [-0.05, 0) is 35.0 Å². The second kappa shape index (κ2) is 6.13. The number of nitrogens with two attached hydrogens (primary N) is 1. The third-order valence-electron chi connectivity index (χ3n) is 3.15. The first-order valence-electron chi connectivity index (χ1n) is 6.89. The summed E-state index contributed by atoms with van der Waals surface area (Å²) < 4.78 is 1.86. The molecule has 3 rings (SSSR count). The average molecular weight is 303 g/mol. The van der Waals surface area contributed by atoms with Crippen LogP contribution >= 0.6 is 11.8 Å². The van der Waals surface area contributed by atoms with Crippen molar-refractivity contribution in [2.75, 3.05) is 5.73 Å². The molecule has 21 heavy (non-hydrogen) atoms. The molecule has 0 atom stereocenters. The Kier molecular flexibility index (Phi) is 4.05. The highest BCUT2D eigenvalue weighted by molar-refractivity contribution is 7.98. The number of fused-ring (bicyclic) bond motifs is 1. The maximum absolute atomic E-state index is 5.77. The number of nitrogens with one attached hydrogen (secondary N) is 1. The number of imidazole rings is 1. The van der Waals surface area contributed by atoms with E-state index in [2.05, 4.69) is 32.4 Å². The summed E-state index contributed by atoms with van der Waals surface area (Å²) >= 11 is 1.59. The Bertz CT molecular complexity index is 733. The zero-order valence-electron chi connectivity index (χ0n) is 11.8. The third-order valence-corrected chi connectivity index (χ3v) is 4.02. The second-order valence-corrected chi connectivity index (χ2v) is 5.74. The minimum atomic E-state index is 0.687. The van der Waals surface area contributed by atoms with Crippen molar-refractivity contribution in [3.63, 3.8) is 0 Å². The van der Waals surface area contributed by atoms with Crippen LogP contribution in [0.5, 0.6) is 0 Å². The van der Waals surface area contributed by atoms with E-state index in [0.717, 1.165) is 47.1 Å². The fourth-order valence-corrected chi connectivity index (χ4v) is 2.83. The first-order valence-corrected chi connectivity index (χ1v) is 7.88. The Balaban J connectivity index is 1.70. The third kappa shape index (κ3) is 3.15. The first-order chi connectivity index (χ1) is 10.3. The van der Waals surface area contributed by atoms with Crippen LogP contribution in [0.2, 0.25) is 0 Å². The number of aryl methyl sites for hydroxylation is 1. The van der Waals surface area contributed by atoms with Gasteiger partial charge in [0.05, 0.1) is 16.8 Å². The zero-order chi connectivity index (χ0) is 14.7. The molecule has 3 aromatic rings. The predicted octanol–water partition coefficient (Wildman–Crippen LogP) is 2.22. The van der Waals surface area contributed by atoms with Gasteiger partial charge in [-0.1, -0.05) is 25.1 Å². The number of nitrogen functional groups attached to an aromatic ring is 1. The van der Waals surface area contributed by atoms with Gasteiger partial charge in [0.15, 0.2) is 11.0 Å². The number of aromatic amines is 1. The number of hydrogen-bond acceptors (Lipinski definition) is 6. The highest BCUT2D eigenvalue weighted by Crippen LogP contribution is 2.23. The van der Waals surface area contributed by atoms with E-state index in [1.165, 1.54) is 0 Å². The fraction of sp³-hybridized carbons (Fsp3) is 0.385. The largest absolute Gasteiger partial charge is 0.399 e. The molecule has 1 aromatic carbocycles. The summed E-state index contributed by atoms with van der Waals surface area (Å²) in [6.07, 6.45) is 2.20. The van der Waals surface area contributed by atoms with E-state index in [0.29, 0.717) is 5.75 Å². The van der Waals surface area contributed by atoms with Gasteiger partial charge in [-0.15, -0.1) is 5.10 Å². The Morgan fingerprint density at radius 3 is 3.14 bits per heavy atom. The van der Waals surface area contributed by atoms with Crippen molar-refractivity contribution in [3.05, 3.63) is 24.0 Å². The van der Waals surface area contributed by atoms with Gasteiger partial charge in [-0.2, -0.15) is 0 Å². The van der Waals surface area contributed by atoms with E-state index in [-0.39, 0.29) is 0 Å². The van der Waals surface area contributed by atoms with Gasteiger partial charge in [-0.3, -0.25) is 0 Å². The Morgan fingerprint density at radius 2 is 2.29 bits per heavy atom. The highest BCUT2D eigenvalue weighted by atomic mass is 32.2. The smallest absolute Gasteiger partial charge is 0.166 e. The summed E-state index contributed by atoms with van der Waals surface area (Å²) in [5, 5.41) is 12.7. The molecule has 3 N–H and O–H groups in total. The van der Waals surface area contributed by atoms with Gasteiger partial charge < -0.3 is 10.7 Å². The Hall–Kier alpha value is -2.09. The van der Waals surface area contributed by atoms with Crippen molar-refractivity contribution in [3.8, 4) is 0 Å². The van der Waals surface area contributed by atoms with Crippen LogP contribution < -0.4 is 5.73 Å². The number of nitrogens with zero attached hydrogens (tertiary/aromatic N) is 5. The van der Waals surface area contributed by atoms with Crippen LogP contribution in [0.15, 0.2) is 23.4 Å². The standard InChI is InChI=1S/C13H17N7S/c1-2-3-6-20-12(17-18-19-20)8-21-13-15-10-5-4-9(14)7-11(10)16-13/h4-5,7H,2-3,6,8,14H2,1H3,(H,15,16). The molecular formula is C13H17N7S. The lowest BCUT2D eigenvalue weighted by atomic mass is 10.3. The van der Waals surface area contributed by atoms with E-state index in [4.69, 9.17) is 5.73 Å². The van der Waals surface area contributed by atoms with Crippen LogP contribution in [-0.2, 0) is 12.3 Å². The Morgan fingerprint density at radius 1 is 1.38 bits per heavy atom. The van der Waals surface area contributed by atoms with Crippen molar-refractivity contribution in [1.82, 2.24) is 30.2 Å². The summed E-state index contributed by atoms with van der Waals surface area (Å²) in [4.78, 5) is 7.77. The van der Waals surface area contributed by atoms with Crippen LogP contribution in [0.3, 0.4) is 0 Å². The minimum Gasteiger partial charge on any atom is -0.399 e. The number of aromatic nitrogens is 6. The van der Waals surface area contributed by atoms with E-state index in [1.807, 2.05) is 22.9 Å². The van der Waals surface area contributed by atoms with E-state index >= 15 is 0 Å². The SMILES string of the molecule is CCCCn1nnnc1CSc1nc2ccc(N)cc2[nH]1. The zero-order valence-corrected chi connectivity index (χ0v) is 12.6. The topological polar surface area (TPSA) is 98.3 Å². The lowest BCUT2D eigenvalue weighted by Gasteiger charge is -2.01. The number of benzene rings is 1. The van der Waals surface area contributed by atoms with Crippen molar-refractivity contribution < 1.29 is 0 Å². The number of thioether (sulfide) groups is 1. The lowest BCUT2D eigenvalue weighted by molar-refractivity contribution is 0.540. The molecule has 0 unspecified atom stereocenters. The quantitative estimate of drug-likeness (QED) is 0.535. The summed E-state index contributed by atoms with van der Waals surface area (Å²) in [7, 11) is 0. The molecule has 8 heteroatoms. The lowest BCUT2D eigenvalue weighted by Crippen LogP contribution is -2.05. The molecule has 0 fully saturated rings. The molecule has 0 aliphatic carbocycles. The second-order valence-electron chi connectivity index (χ2n) is 4.78. The first kappa shape index (κ1) is 13.9. The number of unbranched alkanes of at least 4 members (excludes halogenated alkanes) is 1. The molecule has 110 valence electrons. The van der Waals surface area contributed by atoms with Crippen LogP contribution in [-0.4, -0.2) is 30.2 Å². The van der Waals surface area contributed by atoms with Crippen LogP contribution in [0.25, 0.3) is 11.0 Å². The van der Waals surface area contributed by atoms with E-state index in [9.17, 15) is 0 Å². The number of tetrazole rings is 1. The van der Waals surface area contributed by atoms with E-state index < -0.39 is 0 Å². The summed E-state index contributed by atoms with van der Waals surface area (Å²) in [5.41, 5.74) is 8.36. The Labute approximate surface area is 126 Å². The number of hydrogen-bond donors (Lipinski definition) is 2. The molecule has 0 aliphatic heterocycles. The van der Waals surface area contributed by atoms with Crippen LogP contribution in [0, 0.1) is 0 Å². The molecule has 0 spiro atoms. The van der Waals surface area contributed by atoms with Crippen molar-refractivity contribution in [2.45, 2.75) is 37.2 Å². The van der Waals surface area contributed by atoms with Gasteiger partial charge >= 0.3 is 0 Å². The molecule has 7 nitrogen and oxygen atoms in total. The van der Waals surface area contributed by atoms with Gasteiger partial charge in [-0.25, -0.2) is 9.67 Å². The van der Waals surface area contributed by atoms with Gasteiger partial charge in [0.25, 0.3) is 0 Å². The van der Waals surface area contributed by atoms with Gasteiger partial charge in [0, 0.05) is 12.2 Å². The molecule has 0 saturated heterocycles. The molecule has 0 radical (unpaired) electrons. The highest BCUT2D eigenvalue weighted by Gasteiger charge is 2.09. The number of anilines is 1. The van der Waals surface area contributed by atoms with Gasteiger partial charge in [0.2, 0.25) is 0 Å². The minimum absolute atomic E-state index is 0.687. The molecule has 0 amide bonds. The van der Waals surface area contributed by atoms with Gasteiger partial charge in [0.1, 0.15) is 0 Å². The number of rotatable bonds is 6. The van der Waals surface area contributed by atoms with E-state index in [1.54, 1.807) is 11.8 Å². The molecule has 0 saturated carbocycles. The number of H-pyrrole nitrogens is 1. The monoisotopic (exact) mass is 303 g/mol. The fourth-order valence-electron chi connectivity index (χ4n) is 2.01. The van der Waals surface area contributed by atoms with Crippen LogP contribution in [0.1, 0.15) is 25.6 Å². The van der Waals surface area contributed by atoms with Crippen molar-refractivity contribution in [1.29, 1.82) is 0 Å².